The van der Waals surface area contributed by atoms with Gasteiger partial charge in [0.1, 0.15) is 0 Å². The van der Waals surface area contributed by atoms with Crippen LogP contribution in [0.4, 0.5) is 5.69 Å². The van der Waals surface area contributed by atoms with Crippen LogP contribution < -0.4 is 4.90 Å². The first-order valence-corrected chi connectivity index (χ1v) is 7.40. The smallest absolute Gasteiger partial charge is 0.227 e. The summed E-state index contributed by atoms with van der Waals surface area (Å²) in [5.74, 6) is 0.270. The summed E-state index contributed by atoms with van der Waals surface area (Å²) in [6.07, 6.45) is 2.75. The van der Waals surface area contributed by atoms with Crippen molar-refractivity contribution in [2.45, 2.75) is 31.8 Å². The van der Waals surface area contributed by atoms with Crippen molar-refractivity contribution in [2.24, 2.45) is 5.92 Å². The largest absolute Gasteiger partial charge is 0.391 e. The molecule has 3 rings (SSSR count). The number of benzene rings is 1. The first-order chi connectivity index (χ1) is 9.75. The number of amides is 1. The van der Waals surface area contributed by atoms with Crippen molar-refractivity contribution in [2.75, 3.05) is 24.7 Å². The number of para-hydroxylation sites is 1. The summed E-state index contributed by atoms with van der Waals surface area (Å²) in [6.45, 7) is 1.70. The third-order valence-corrected chi connectivity index (χ3v) is 4.30. The topological polar surface area (TPSA) is 49.8 Å². The molecule has 4 heteroatoms. The number of hydrogen-bond acceptors (Lipinski definition) is 3. The van der Waals surface area contributed by atoms with Gasteiger partial charge in [0.15, 0.2) is 0 Å². The average molecular weight is 275 g/mol. The molecule has 2 aliphatic heterocycles. The quantitative estimate of drug-likeness (QED) is 0.914. The second-order valence-corrected chi connectivity index (χ2v) is 5.68. The maximum atomic E-state index is 12.3. The van der Waals surface area contributed by atoms with Gasteiger partial charge in [0.2, 0.25) is 5.91 Å². The molecule has 1 fully saturated rings. The minimum atomic E-state index is -0.507. The summed E-state index contributed by atoms with van der Waals surface area (Å²) in [7, 11) is 0. The van der Waals surface area contributed by atoms with Gasteiger partial charge in [-0.3, -0.25) is 4.79 Å². The third-order valence-electron chi connectivity index (χ3n) is 4.30. The fourth-order valence-electron chi connectivity index (χ4n) is 3.08. The number of rotatable bonds is 3. The van der Waals surface area contributed by atoms with Crippen LogP contribution in [0.2, 0.25) is 0 Å². The number of hydrogen-bond donors (Lipinski definition) is 1. The molecule has 2 aliphatic rings. The number of ether oxygens (including phenoxy) is 1. The Hall–Kier alpha value is -1.39. The van der Waals surface area contributed by atoms with Crippen LogP contribution in [0.3, 0.4) is 0 Å². The molecule has 2 atom stereocenters. The molecule has 0 bridgehead atoms. The number of nitrogens with zero attached hydrogens (tertiary/aromatic N) is 1. The molecule has 0 radical (unpaired) electrons. The fourth-order valence-corrected chi connectivity index (χ4v) is 3.08. The maximum Gasteiger partial charge on any atom is 0.227 e. The summed E-state index contributed by atoms with van der Waals surface area (Å²) < 4.78 is 5.32. The Morgan fingerprint density at radius 2 is 2.20 bits per heavy atom. The van der Waals surface area contributed by atoms with Gasteiger partial charge < -0.3 is 14.7 Å². The van der Waals surface area contributed by atoms with E-state index in [2.05, 4.69) is 6.07 Å². The van der Waals surface area contributed by atoms with Crippen molar-refractivity contribution >= 4 is 11.6 Å². The van der Waals surface area contributed by atoms with Crippen LogP contribution in [0.25, 0.3) is 0 Å². The Labute approximate surface area is 119 Å². The van der Waals surface area contributed by atoms with Gasteiger partial charge in [-0.2, -0.15) is 0 Å². The molecule has 1 saturated heterocycles. The number of anilines is 1. The lowest BCUT2D eigenvalue weighted by atomic mass is 10.0. The van der Waals surface area contributed by atoms with Gasteiger partial charge in [0, 0.05) is 24.6 Å². The van der Waals surface area contributed by atoms with Crippen LogP contribution in [0.1, 0.15) is 24.8 Å². The van der Waals surface area contributed by atoms with E-state index in [0.29, 0.717) is 26.2 Å². The van der Waals surface area contributed by atoms with Gasteiger partial charge in [-0.15, -0.1) is 0 Å². The predicted octanol–water partition coefficient (Wildman–Crippen LogP) is 1.75. The van der Waals surface area contributed by atoms with Crippen molar-refractivity contribution in [1.29, 1.82) is 0 Å². The zero-order valence-corrected chi connectivity index (χ0v) is 11.6. The van der Waals surface area contributed by atoms with Crippen molar-refractivity contribution in [3.05, 3.63) is 29.8 Å². The molecule has 1 aromatic rings. The number of carbonyl (C=O) groups is 1. The van der Waals surface area contributed by atoms with E-state index in [1.165, 1.54) is 5.56 Å². The maximum absolute atomic E-state index is 12.3. The third kappa shape index (κ3) is 2.72. The summed E-state index contributed by atoms with van der Waals surface area (Å²) in [5, 5.41) is 10.4. The number of aliphatic hydroxyl groups excluding tert-OH is 1. The molecule has 2 unspecified atom stereocenters. The second-order valence-electron chi connectivity index (χ2n) is 5.68. The molecular formula is C16H21NO3. The molecule has 0 aliphatic carbocycles. The van der Waals surface area contributed by atoms with Gasteiger partial charge in [-0.1, -0.05) is 18.2 Å². The number of aryl methyl sites for hydroxylation is 1. The van der Waals surface area contributed by atoms with Crippen LogP contribution in [-0.2, 0) is 16.0 Å². The van der Waals surface area contributed by atoms with E-state index in [1.54, 1.807) is 4.90 Å². The summed E-state index contributed by atoms with van der Waals surface area (Å²) >= 11 is 0. The Kier molecular flexibility index (Phi) is 4.03. The standard InChI is InChI=1S/C16H21NO3/c18-15(13-8-9-20-11-13)10-17-14-6-2-1-4-12(14)5-3-7-16(17)19/h1-2,4,6,13,15,18H,3,5,7-11H2. The van der Waals surface area contributed by atoms with Crippen molar-refractivity contribution in [3.8, 4) is 0 Å². The number of aliphatic hydroxyl groups is 1. The Morgan fingerprint density at radius 3 is 3.00 bits per heavy atom. The Bertz CT molecular complexity index is 482. The molecule has 108 valence electrons. The van der Waals surface area contributed by atoms with Gasteiger partial charge in [0.25, 0.3) is 0 Å². The van der Waals surface area contributed by atoms with E-state index < -0.39 is 6.10 Å². The van der Waals surface area contributed by atoms with Crippen molar-refractivity contribution in [3.63, 3.8) is 0 Å². The molecule has 20 heavy (non-hydrogen) atoms. The number of β-amino-alcohol motifs (C(OH)–C–C–N with tert-alkyl or cyclic N) is 1. The van der Waals surface area contributed by atoms with Gasteiger partial charge in [0.05, 0.1) is 19.3 Å². The first kappa shape index (κ1) is 13.6. The highest BCUT2D eigenvalue weighted by Gasteiger charge is 2.29. The molecule has 1 amide bonds. The monoisotopic (exact) mass is 275 g/mol. The van der Waals surface area contributed by atoms with Crippen LogP contribution in [0.5, 0.6) is 0 Å². The second kappa shape index (κ2) is 5.94. The summed E-state index contributed by atoms with van der Waals surface area (Å²) in [5.41, 5.74) is 2.17. The van der Waals surface area contributed by atoms with E-state index in [9.17, 15) is 9.90 Å². The molecule has 1 N–H and O–H groups in total. The molecule has 0 aromatic heterocycles. The number of fused-ring (bicyclic) bond motifs is 1. The molecule has 2 heterocycles. The van der Waals surface area contributed by atoms with Crippen molar-refractivity contribution in [1.82, 2.24) is 0 Å². The molecule has 1 aromatic carbocycles. The highest BCUT2D eigenvalue weighted by Crippen LogP contribution is 2.28. The van der Waals surface area contributed by atoms with E-state index in [1.807, 2.05) is 18.2 Å². The van der Waals surface area contributed by atoms with Crippen LogP contribution in [0, 0.1) is 5.92 Å². The SMILES string of the molecule is O=C1CCCc2ccccc2N1CC(O)C1CCOC1. The summed E-state index contributed by atoms with van der Waals surface area (Å²) in [6, 6.07) is 8.02. The Balaban J connectivity index is 1.80. The molecule has 0 spiro atoms. The molecule has 4 nitrogen and oxygen atoms in total. The predicted molar refractivity (Wildman–Crippen MR) is 76.7 cm³/mol. The minimum absolute atomic E-state index is 0.118. The Morgan fingerprint density at radius 1 is 1.35 bits per heavy atom. The van der Waals surface area contributed by atoms with Gasteiger partial charge in [-0.05, 0) is 30.9 Å². The minimum Gasteiger partial charge on any atom is -0.391 e. The van der Waals surface area contributed by atoms with Gasteiger partial charge >= 0.3 is 0 Å². The molecular weight excluding hydrogens is 254 g/mol. The van der Waals surface area contributed by atoms with E-state index >= 15 is 0 Å². The summed E-state index contributed by atoms with van der Waals surface area (Å²) in [4.78, 5) is 14.1. The lowest BCUT2D eigenvalue weighted by Gasteiger charge is -2.27. The van der Waals surface area contributed by atoms with E-state index in [0.717, 1.165) is 24.9 Å². The highest BCUT2D eigenvalue weighted by molar-refractivity contribution is 5.94. The van der Waals surface area contributed by atoms with E-state index in [4.69, 9.17) is 4.74 Å². The molecule has 0 saturated carbocycles. The van der Waals surface area contributed by atoms with Crippen LogP contribution >= 0.6 is 0 Å². The number of carbonyl (C=O) groups excluding carboxylic acids is 1. The first-order valence-electron chi connectivity index (χ1n) is 7.40. The lowest BCUT2D eigenvalue weighted by Crippen LogP contribution is -2.40. The average Bonchev–Trinajstić information content (AvgIpc) is 2.94. The van der Waals surface area contributed by atoms with Crippen LogP contribution in [-0.4, -0.2) is 36.9 Å². The van der Waals surface area contributed by atoms with Crippen LogP contribution in [0.15, 0.2) is 24.3 Å². The lowest BCUT2D eigenvalue weighted by molar-refractivity contribution is -0.119. The van der Waals surface area contributed by atoms with Gasteiger partial charge in [-0.25, -0.2) is 0 Å². The fraction of sp³-hybridized carbons (Fsp3) is 0.562. The van der Waals surface area contributed by atoms with Crippen molar-refractivity contribution < 1.29 is 14.6 Å². The zero-order valence-electron chi connectivity index (χ0n) is 11.6. The van der Waals surface area contributed by atoms with E-state index in [-0.39, 0.29) is 11.8 Å². The zero-order chi connectivity index (χ0) is 13.9. The normalized spacial score (nSPS) is 24.4. The highest BCUT2D eigenvalue weighted by atomic mass is 16.5.